The number of hydrogen-bond donors (Lipinski definition) is 1. The van der Waals surface area contributed by atoms with Crippen LogP contribution in [-0.4, -0.2) is 101 Å². The van der Waals surface area contributed by atoms with Gasteiger partial charge in [0, 0.05) is 96.3 Å². The van der Waals surface area contributed by atoms with Gasteiger partial charge in [-0.2, -0.15) is 10.5 Å². The lowest BCUT2D eigenvalue weighted by atomic mass is 10.1. The Balaban J connectivity index is 0.961. The Morgan fingerprint density at radius 2 is 1.36 bits per heavy atom. The lowest BCUT2D eigenvalue weighted by molar-refractivity contribution is 0.0859. The molecule has 0 bridgehead atoms. The molecule has 0 saturated carbocycles. The number of methoxy groups -OCH3 is 1. The Labute approximate surface area is 351 Å². The molecule has 10 rings (SSSR count). The van der Waals surface area contributed by atoms with Crippen LogP contribution in [0.15, 0.2) is 79.8 Å². The van der Waals surface area contributed by atoms with E-state index in [2.05, 4.69) is 70.5 Å². The third-order valence-corrected chi connectivity index (χ3v) is 12.1. The highest BCUT2D eigenvalue weighted by Gasteiger charge is 2.29. The zero-order valence-corrected chi connectivity index (χ0v) is 33.9. The summed E-state index contributed by atoms with van der Waals surface area (Å²) in [4.78, 5) is 35.8. The quantitative estimate of drug-likeness (QED) is 0.146. The molecule has 0 unspecified atom stereocenters. The van der Waals surface area contributed by atoms with Gasteiger partial charge < -0.3 is 28.7 Å². The van der Waals surface area contributed by atoms with E-state index in [-0.39, 0.29) is 23.6 Å². The van der Waals surface area contributed by atoms with Gasteiger partial charge in [0.15, 0.2) is 22.9 Å². The third kappa shape index (κ3) is 7.07. The number of hydrogen-bond acceptors (Lipinski definition) is 13. The lowest BCUT2D eigenvalue weighted by Gasteiger charge is -2.32. The van der Waals surface area contributed by atoms with Crippen LogP contribution in [-0.2, 0) is 6.67 Å². The van der Waals surface area contributed by atoms with Gasteiger partial charge in [-0.25, -0.2) is 24.9 Å². The molecule has 0 aliphatic carbocycles. The monoisotopic (exact) mass is 810 g/mol. The summed E-state index contributed by atoms with van der Waals surface area (Å²) < 4.78 is 21.0. The minimum absolute atomic E-state index is 0.0343. The number of fused-ring (bicyclic) bond motifs is 6. The van der Waals surface area contributed by atoms with Crippen LogP contribution in [0.1, 0.15) is 44.0 Å². The normalized spacial score (nSPS) is 15.7. The first kappa shape index (κ1) is 38.0. The van der Waals surface area contributed by atoms with Gasteiger partial charge in [0.05, 0.1) is 48.0 Å². The number of nitriles is 2. The van der Waals surface area contributed by atoms with Crippen LogP contribution in [0.25, 0.3) is 66.1 Å². The van der Waals surface area contributed by atoms with Gasteiger partial charge in [0.2, 0.25) is 5.88 Å². The highest BCUT2D eigenvalue weighted by atomic mass is 16.5. The Bertz CT molecular complexity index is 2990. The summed E-state index contributed by atoms with van der Waals surface area (Å²) in [6, 6.07) is 16.4. The number of nitrogens with one attached hydrogen (secondary N) is 1. The third-order valence-electron chi connectivity index (χ3n) is 12.1. The molecule has 2 saturated heterocycles. The predicted molar refractivity (Wildman–Crippen MR) is 230 cm³/mol. The molecule has 2 aliphatic rings. The van der Waals surface area contributed by atoms with Crippen molar-refractivity contribution in [3.05, 3.63) is 91.2 Å². The summed E-state index contributed by atoms with van der Waals surface area (Å²) in [6.07, 6.45) is 15.5. The van der Waals surface area contributed by atoms with Crippen molar-refractivity contribution < 1.29 is 14.2 Å². The Morgan fingerprint density at radius 1 is 0.705 bits per heavy atom. The van der Waals surface area contributed by atoms with Crippen LogP contribution in [0.4, 0.5) is 0 Å². The minimum atomic E-state index is -0.147. The van der Waals surface area contributed by atoms with Gasteiger partial charge >= 0.3 is 0 Å². The number of aromatic nitrogens is 8. The maximum atomic E-state index is 10.3. The van der Waals surface area contributed by atoms with E-state index in [0.29, 0.717) is 29.7 Å². The van der Waals surface area contributed by atoms with Crippen molar-refractivity contribution in [3.63, 3.8) is 0 Å². The fourth-order valence-electron chi connectivity index (χ4n) is 8.76. The highest BCUT2D eigenvalue weighted by Crippen LogP contribution is 2.41. The molecule has 15 heteroatoms. The van der Waals surface area contributed by atoms with Crippen molar-refractivity contribution in [2.45, 2.75) is 51.5 Å². The number of rotatable bonds is 10. The molecule has 10 heterocycles. The smallest absolute Gasteiger partial charge is 0.212 e. The number of nitrogens with zero attached hydrogens (tertiary/aromatic N) is 11. The fourth-order valence-corrected chi connectivity index (χ4v) is 8.76. The van der Waals surface area contributed by atoms with Crippen molar-refractivity contribution in [1.29, 1.82) is 10.5 Å². The van der Waals surface area contributed by atoms with Crippen molar-refractivity contribution in [3.8, 4) is 51.8 Å². The van der Waals surface area contributed by atoms with E-state index in [1.54, 1.807) is 31.9 Å². The minimum Gasteiger partial charge on any atom is -0.487 e. The van der Waals surface area contributed by atoms with E-state index >= 15 is 0 Å². The van der Waals surface area contributed by atoms with Crippen molar-refractivity contribution in [2.24, 2.45) is 0 Å². The second-order valence-corrected chi connectivity index (χ2v) is 15.6. The number of H-pyrrole nitrogens is 1. The molecule has 15 nitrogen and oxygen atoms in total. The van der Waals surface area contributed by atoms with E-state index < -0.39 is 0 Å². The van der Waals surface area contributed by atoms with Crippen molar-refractivity contribution in [2.75, 3.05) is 39.8 Å². The average molecular weight is 811 g/mol. The van der Waals surface area contributed by atoms with Gasteiger partial charge in [0.1, 0.15) is 35.6 Å². The first-order valence-corrected chi connectivity index (χ1v) is 20.6. The second kappa shape index (κ2) is 16.1. The Hall–Kier alpha value is -7.20. The molecule has 304 valence electrons. The fraction of sp³-hybridized carbons (Fsp3) is 0.304. The van der Waals surface area contributed by atoms with E-state index in [1.807, 2.05) is 42.9 Å². The van der Waals surface area contributed by atoms with Gasteiger partial charge in [-0.1, -0.05) is 13.0 Å². The zero-order valence-electron chi connectivity index (χ0n) is 33.9. The summed E-state index contributed by atoms with van der Waals surface area (Å²) in [5.74, 6) is 1.51. The molecule has 0 radical (unpaired) electrons. The maximum Gasteiger partial charge on any atom is 0.212 e. The van der Waals surface area contributed by atoms with Crippen LogP contribution in [0, 0.1) is 22.7 Å². The first-order valence-electron chi connectivity index (χ1n) is 20.6. The standard InChI is InChI=1S/C46H42N12O3/c1-3-56-13-8-32(9-14-56)61-44-37(20-48)51-26-39-42(44)35-18-31(29-6-7-40(59-2)52-22-29)24-54-46(35)58(39)27-57-15-10-33(11-16-57)60-43-36(19-47)50-25-38-41(43)34-17-30(23-53-45(34)55-38)28-5-4-12-49-21-28/h4-7,12,17-18,21-26,32-33H,3,8-11,13-16,27H2,1-2H3,(H,53,55). The summed E-state index contributed by atoms with van der Waals surface area (Å²) in [5, 5.41) is 23.9. The molecule has 0 amide bonds. The molecule has 2 fully saturated rings. The molecule has 0 aromatic carbocycles. The highest BCUT2D eigenvalue weighted by molar-refractivity contribution is 6.12. The summed E-state index contributed by atoms with van der Waals surface area (Å²) in [7, 11) is 1.60. The van der Waals surface area contributed by atoms with Crippen molar-refractivity contribution in [1.82, 2.24) is 49.3 Å². The largest absolute Gasteiger partial charge is 0.487 e. The lowest BCUT2D eigenvalue weighted by Crippen LogP contribution is -2.39. The van der Waals surface area contributed by atoms with Gasteiger partial charge in [0.25, 0.3) is 0 Å². The number of likely N-dealkylation sites (tertiary alicyclic amines) is 2. The van der Waals surface area contributed by atoms with Gasteiger partial charge in [-0.3, -0.25) is 9.88 Å². The zero-order chi connectivity index (χ0) is 41.5. The van der Waals surface area contributed by atoms with Crippen LogP contribution in [0.2, 0.25) is 0 Å². The van der Waals surface area contributed by atoms with Crippen LogP contribution in [0.5, 0.6) is 17.4 Å². The van der Waals surface area contributed by atoms with Crippen LogP contribution < -0.4 is 14.2 Å². The van der Waals surface area contributed by atoms with Gasteiger partial charge in [-0.05, 0) is 56.5 Å². The summed E-state index contributed by atoms with van der Waals surface area (Å²) in [6.45, 7) is 7.07. The number of ether oxygens (including phenoxy) is 3. The van der Waals surface area contributed by atoms with Crippen molar-refractivity contribution >= 4 is 43.9 Å². The second-order valence-electron chi connectivity index (χ2n) is 15.6. The summed E-state index contributed by atoms with van der Waals surface area (Å²) >= 11 is 0. The molecule has 1 N–H and O–H groups in total. The molecule has 0 atom stereocenters. The van der Waals surface area contributed by atoms with Crippen LogP contribution >= 0.6 is 0 Å². The number of piperidine rings is 2. The van der Waals surface area contributed by atoms with Crippen LogP contribution in [0.3, 0.4) is 0 Å². The molecular weight excluding hydrogens is 769 g/mol. The van der Waals surface area contributed by atoms with E-state index in [1.165, 1.54) is 0 Å². The Kier molecular flexibility index (Phi) is 10.0. The molecule has 0 spiro atoms. The SMILES string of the molecule is CCN1CCC(Oc2c(C#N)ncc3c2c2cc(-c4ccc(OC)nc4)cnc2n3CN2CCC(Oc3c(C#N)ncc4[nH]c5ncc(-c6cccnc6)cc5c34)CC2)CC1. The molecule has 8 aromatic heterocycles. The van der Waals surface area contributed by atoms with Gasteiger partial charge in [-0.15, -0.1) is 0 Å². The van der Waals surface area contributed by atoms with E-state index in [0.717, 1.165) is 119 Å². The van der Waals surface area contributed by atoms with E-state index in [9.17, 15) is 10.5 Å². The molecule has 61 heavy (non-hydrogen) atoms. The number of pyridine rings is 6. The van der Waals surface area contributed by atoms with E-state index in [4.69, 9.17) is 24.2 Å². The predicted octanol–water partition coefficient (Wildman–Crippen LogP) is 7.25. The first-order chi connectivity index (χ1) is 30.0. The maximum absolute atomic E-state index is 10.3. The molecule has 8 aromatic rings. The molecular formula is C46H42N12O3. The Morgan fingerprint density at radius 3 is 2.02 bits per heavy atom. The summed E-state index contributed by atoms with van der Waals surface area (Å²) in [5.41, 5.74) is 7.21. The number of aromatic amines is 1. The topological polar surface area (TPSA) is 180 Å². The molecule has 2 aliphatic heterocycles. The average Bonchev–Trinajstić information content (AvgIpc) is 3.85.